The van der Waals surface area contributed by atoms with E-state index in [1.54, 1.807) is 0 Å². The van der Waals surface area contributed by atoms with Crippen molar-refractivity contribution < 1.29 is 8.78 Å². The van der Waals surface area contributed by atoms with Crippen LogP contribution in [-0.2, 0) is 6.42 Å². The van der Waals surface area contributed by atoms with E-state index in [9.17, 15) is 8.78 Å². The van der Waals surface area contributed by atoms with E-state index in [0.29, 0.717) is 11.5 Å². The summed E-state index contributed by atoms with van der Waals surface area (Å²) in [5.74, 6) is 0.277. The number of benzene rings is 1. The highest BCUT2D eigenvalue weighted by Gasteiger charge is 2.20. The lowest BCUT2D eigenvalue weighted by Crippen LogP contribution is -2.15. The molecule has 0 N–H and O–H groups in total. The van der Waals surface area contributed by atoms with Gasteiger partial charge in [0.25, 0.3) is 0 Å². The molecule has 0 saturated heterocycles. The lowest BCUT2D eigenvalue weighted by molar-refractivity contribution is 0.252. The van der Waals surface area contributed by atoms with Gasteiger partial charge in [-0.1, -0.05) is 45.4 Å². The Hall–Kier alpha value is -1.12. The Kier molecular flexibility index (Phi) is 6.66. The van der Waals surface area contributed by atoms with Gasteiger partial charge in [-0.05, 0) is 54.6 Å². The van der Waals surface area contributed by atoms with E-state index in [4.69, 9.17) is 0 Å². The van der Waals surface area contributed by atoms with Gasteiger partial charge in [0.05, 0.1) is 5.16 Å². The van der Waals surface area contributed by atoms with Crippen LogP contribution in [0.4, 0.5) is 14.5 Å². The Morgan fingerprint density at radius 1 is 1.09 bits per heavy atom. The number of isothiocyanates is 1. The van der Waals surface area contributed by atoms with E-state index < -0.39 is 11.6 Å². The average Bonchev–Trinajstić information content (AvgIpc) is 2.50. The third-order valence-corrected chi connectivity index (χ3v) is 4.83. The van der Waals surface area contributed by atoms with Crippen LogP contribution in [0.15, 0.2) is 17.1 Å². The summed E-state index contributed by atoms with van der Waals surface area (Å²) >= 11 is 4.40. The highest BCUT2D eigenvalue weighted by atomic mass is 32.1. The van der Waals surface area contributed by atoms with Crippen LogP contribution in [0.5, 0.6) is 0 Å². The molecule has 0 radical (unpaired) electrons. The van der Waals surface area contributed by atoms with Gasteiger partial charge in [-0.3, -0.25) is 0 Å². The first-order valence-electron chi connectivity index (χ1n) is 8.19. The summed E-state index contributed by atoms with van der Waals surface area (Å²) in [6.07, 6.45) is 9.46. The normalized spacial score (nSPS) is 21.4. The fourth-order valence-electron chi connectivity index (χ4n) is 3.50. The summed E-state index contributed by atoms with van der Waals surface area (Å²) < 4.78 is 27.6. The maximum Gasteiger partial charge on any atom is 0.152 e. The average molecular weight is 323 g/mol. The fourth-order valence-corrected chi connectivity index (χ4v) is 3.59. The number of hydrogen-bond acceptors (Lipinski definition) is 2. The van der Waals surface area contributed by atoms with Crippen LogP contribution in [0.1, 0.15) is 57.4 Å². The van der Waals surface area contributed by atoms with Gasteiger partial charge >= 0.3 is 0 Å². The number of aliphatic imine (C=N–C) groups is 1. The molecule has 0 amide bonds. The van der Waals surface area contributed by atoms with Crippen LogP contribution in [-0.4, -0.2) is 5.16 Å². The predicted octanol–water partition coefficient (Wildman–Crippen LogP) is 6.24. The van der Waals surface area contributed by atoms with Gasteiger partial charge in [0.1, 0.15) is 5.69 Å². The molecule has 1 aliphatic carbocycles. The summed E-state index contributed by atoms with van der Waals surface area (Å²) in [5, 5.41) is 2.01. The zero-order valence-corrected chi connectivity index (χ0v) is 13.9. The van der Waals surface area contributed by atoms with E-state index in [2.05, 4.69) is 24.1 Å². The van der Waals surface area contributed by atoms with Crippen LogP contribution in [0.3, 0.4) is 0 Å². The minimum atomic E-state index is -0.654. The van der Waals surface area contributed by atoms with Crippen molar-refractivity contribution in [1.82, 2.24) is 0 Å². The summed E-state index contributed by atoms with van der Waals surface area (Å²) in [7, 11) is 0. The van der Waals surface area contributed by atoms with Crippen LogP contribution in [0.25, 0.3) is 0 Å². The highest BCUT2D eigenvalue weighted by Crippen LogP contribution is 2.34. The van der Waals surface area contributed by atoms with E-state index in [1.165, 1.54) is 50.7 Å². The maximum absolute atomic E-state index is 13.8. The Bertz CT molecular complexity index is 521. The first-order valence-corrected chi connectivity index (χ1v) is 8.60. The molecular formula is C18H23F2NS. The molecule has 120 valence electrons. The third kappa shape index (κ3) is 4.69. The molecule has 0 aromatic heterocycles. The standard InChI is InChI=1S/C18H23F2NS/c1-2-3-13-4-6-14(7-5-13)8-9-15-10-16(19)18(21-12-22)17(20)11-15/h10-11,13-14H,2-9H2,1H3. The molecule has 1 aromatic rings. The number of rotatable bonds is 6. The van der Waals surface area contributed by atoms with Crippen molar-refractivity contribution in [2.45, 2.75) is 58.3 Å². The Morgan fingerprint density at radius 3 is 2.14 bits per heavy atom. The van der Waals surface area contributed by atoms with E-state index in [-0.39, 0.29) is 5.69 Å². The molecule has 22 heavy (non-hydrogen) atoms. The zero-order valence-electron chi connectivity index (χ0n) is 13.1. The molecule has 1 fully saturated rings. The lowest BCUT2D eigenvalue weighted by Gasteiger charge is -2.28. The minimum Gasteiger partial charge on any atom is -0.204 e. The molecule has 1 saturated carbocycles. The molecule has 4 heteroatoms. The van der Waals surface area contributed by atoms with Crippen molar-refractivity contribution in [3.05, 3.63) is 29.3 Å². The first kappa shape index (κ1) is 17.2. The van der Waals surface area contributed by atoms with Crippen LogP contribution < -0.4 is 0 Å². The number of halogens is 2. The predicted molar refractivity (Wildman–Crippen MR) is 89.7 cm³/mol. The molecule has 0 aliphatic heterocycles. The van der Waals surface area contributed by atoms with Gasteiger partial charge in [-0.25, -0.2) is 8.78 Å². The third-order valence-electron chi connectivity index (χ3n) is 4.74. The summed E-state index contributed by atoms with van der Waals surface area (Å²) in [5.41, 5.74) is 0.368. The lowest BCUT2D eigenvalue weighted by atomic mass is 9.78. The molecule has 0 unspecified atom stereocenters. The topological polar surface area (TPSA) is 12.4 Å². The minimum absolute atomic E-state index is 0.334. The van der Waals surface area contributed by atoms with E-state index in [0.717, 1.165) is 18.8 Å². The fraction of sp³-hybridized carbons (Fsp3) is 0.611. The van der Waals surface area contributed by atoms with Crippen molar-refractivity contribution in [2.75, 3.05) is 0 Å². The van der Waals surface area contributed by atoms with Gasteiger partial charge in [0.15, 0.2) is 11.6 Å². The number of hydrogen-bond donors (Lipinski definition) is 0. The van der Waals surface area contributed by atoms with Crippen molar-refractivity contribution in [3.63, 3.8) is 0 Å². The van der Waals surface area contributed by atoms with Gasteiger partial charge in [0.2, 0.25) is 0 Å². The van der Waals surface area contributed by atoms with Crippen LogP contribution >= 0.6 is 12.2 Å². The van der Waals surface area contributed by atoms with Gasteiger partial charge in [0, 0.05) is 0 Å². The largest absolute Gasteiger partial charge is 0.204 e. The summed E-state index contributed by atoms with van der Waals surface area (Å²) in [4.78, 5) is 3.44. The smallest absolute Gasteiger partial charge is 0.152 e. The van der Waals surface area contributed by atoms with Gasteiger partial charge in [-0.2, -0.15) is 4.99 Å². The van der Waals surface area contributed by atoms with Crippen molar-refractivity contribution in [1.29, 1.82) is 0 Å². The first-order chi connectivity index (χ1) is 10.6. The highest BCUT2D eigenvalue weighted by molar-refractivity contribution is 7.78. The molecule has 0 spiro atoms. The molecule has 0 atom stereocenters. The number of thiocarbonyl (C=S) groups is 1. The Balaban J connectivity index is 1.89. The molecule has 1 aliphatic rings. The second-order valence-electron chi connectivity index (χ2n) is 6.33. The Labute approximate surface area is 136 Å². The van der Waals surface area contributed by atoms with Crippen LogP contribution in [0.2, 0.25) is 0 Å². The van der Waals surface area contributed by atoms with Crippen molar-refractivity contribution in [3.8, 4) is 0 Å². The molecule has 0 heterocycles. The molecule has 1 nitrogen and oxygen atoms in total. The molecule has 2 rings (SSSR count). The monoisotopic (exact) mass is 323 g/mol. The molecule has 0 bridgehead atoms. The number of aryl methyl sites for hydroxylation is 1. The number of nitrogens with zero attached hydrogens (tertiary/aromatic N) is 1. The Morgan fingerprint density at radius 2 is 1.64 bits per heavy atom. The summed E-state index contributed by atoms with van der Waals surface area (Å²) in [6, 6.07) is 2.74. The van der Waals surface area contributed by atoms with Crippen molar-refractivity contribution in [2.24, 2.45) is 16.8 Å². The van der Waals surface area contributed by atoms with Crippen molar-refractivity contribution >= 4 is 23.1 Å². The zero-order chi connectivity index (χ0) is 15.9. The van der Waals surface area contributed by atoms with E-state index >= 15 is 0 Å². The maximum atomic E-state index is 13.8. The van der Waals surface area contributed by atoms with Gasteiger partial charge in [-0.15, -0.1) is 0 Å². The molecular weight excluding hydrogens is 300 g/mol. The van der Waals surface area contributed by atoms with Gasteiger partial charge < -0.3 is 0 Å². The second kappa shape index (κ2) is 8.50. The van der Waals surface area contributed by atoms with Crippen LogP contribution in [0, 0.1) is 23.5 Å². The second-order valence-corrected chi connectivity index (χ2v) is 6.51. The SMILES string of the molecule is CCCC1CCC(CCc2cc(F)c(N=C=S)c(F)c2)CC1. The molecule has 1 aromatic carbocycles. The van der Waals surface area contributed by atoms with E-state index in [1.807, 2.05) is 5.16 Å². The summed E-state index contributed by atoms with van der Waals surface area (Å²) in [6.45, 7) is 2.24. The quantitative estimate of drug-likeness (QED) is 0.446.